The second-order valence-corrected chi connectivity index (χ2v) is 7.34. The van der Waals surface area contributed by atoms with Gasteiger partial charge in [-0.3, -0.25) is 0 Å². The molecule has 0 spiro atoms. The van der Waals surface area contributed by atoms with Crippen molar-refractivity contribution in [1.82, 2.24) is 0 Å². The van der Waals surface area contributed by atoms with Crippen molar-refractivity contribution in [3.8, 4) is 0 Å². The highest BCUT2D eigenvalue weighted by atomic mass is 32.2. The quantitative estimate of drug-likeness (QED) is 0.740. The molecule has 0 aromatic rings. The Hall–Kier alpha value is -0.0900. The summed E-state index contributed by atoms with van der Waals surface area (Å²) in [5.41, 5.74) is 5.87. The molecule has 0 aliphatic rings. The number of hydrogen-bond acceptors (Lipinski definition) is 3. The van der Waals surface area contributed by atoms with Crippen molar-refractivity contribution in [3.05, 3.63) is 0 Å². The molecular formula is C10H23NO2S. The summed E-state index contributed by atoms with van der Waals surface area (Å²) in [6, 6.07) is 0.184. The molecule has 0 rings (SSSR count). The molecule has 0 aromatic heterocycles. The fourth-order valence-corrected chi connectivity index (χ4v) is 2.46. The van der Waals surface area contributed by atoms with Crippen LogP contribution >= 0.6 is 0 Å². The van der Waals surface area contributed by atoms with Gasteiger partial charge in [-0.25, -0.2) is 8.42 Å². The number of sulfone groups is 1. The second kappa shape index (κ2) is 5.12. The van der Waals surface area contributed by atoms with Gasteiger partial charge in [-0.2, -0.15) is 0 Å². The van der Waals surface area contributed by atoms with Gasteiger partial charge in [-0.05, 0) is 31.6 Å². The monoisotopic (exact) mass is 221 g/mol. The summed E-state index contributed by atoms with van der Waals surface area (Å²) in [6.45, 7) is 6.26. The third-order valence-corrected chi connectivity index (χ3v) is 3.27. The van der Waals surface area contributed by atoms with Crippen LogP contribution in [0.5, 0.6) is 0 Å². The van der Waals surface area contributed by atoms with Crippen molar-refractivity contribution < 1.29 is 8.42 Å². The topological polar surface area (TPSA) is 60.2 Å². The Morgan fingerprint density at radius 1 is 1.36 bits per heavy atom. The van der Waals surface area contributed by atoms with E-state index in [1.807, 2.05) is 6.92 Å². The number of rotatable bonds is 6. The van der Waals surface area contributed by atoms with E-state index in [-0.39, 0.29) is 17.2 Å². The summed E-state index contributed by atoms with van der Waals surface area (Å²) in [4.78, 5) is 0. The Balaban J connectivity index is 3.88. The highest BCUT2D eigenvalue weighted by Crippen LogP contribution is 2.27. The van der Waals surface area contributed by atoms with Gasteiger partial charge in [0.2, 0.25) is 0 Å². The SMILES string of the molecule is CC(N)CC(C)(C)CCCS(C)(=O)=O. The van der Waals surface area contributed by atoms with Crippen LogP contribution < -0.4 is 5.73 Å². The van der Waals surface area contributed by atoms with Crippen LogP contribution in [0.15, 0.2) is 0 Å². The van der Waals surface area contributed by atoms with E-state index >= 15 is 0 Å². The maximum atomic E-state index is 10.9. The highest BCUT2D eigenvalue weighted by Gasteiger charge is 2.19. The van der Waals surface area contributed by atoms with Crippen LogP contribution in [0.2, 0.25) is 0 Å². The zero-order valence-corrected chi connectivity index (χ0v) is 10.5. The standard InChI is InChI=1S/C10H23NO2S/c1-9(11)8-10(2,3)6-5-7-14(4,12)13/h9H,5-8,11H2,1-4H3. The van der Waals surface area contributed by atoms with Crippen LogP contribution in [0.4, 0.5) is 0 Å². The Morgan fingerprint density at radius 3 is 2.21 bits per heavy atom. The normalized spacial score (nSPS) is 15.5. The molecule has 0 heterocycles. The van der Waals surface area contributed by atoms with Crippen molar-refractivity contribution in [2.45, 2.75) is 46.1 Å². The predicted octanol–water partition coefficient (Wildman–Crippen LogP) is 1.57. The summed E-state index contributed by atoms with van der Waals surface area (Å²) in [5, 5.41) is 0. The van der Waals surface area contributed by atoms with E-state index in [9.17, 15) is 8.42 Å². The second-order valence-electron chi connectivity index (χ2n) is 5.08. The van der Waals surface area contributed by atoms with Crippen LogP contribution in [0.1, 0.15) is 40.0 Å². The molecule has 14 heavy (non-hydrogen) atoms. The lowest BCUT2D eigenvalue weighted by Crippen LogP contribution is -2.25. The minimum Gasteiger partial charge on any atom is -0.328 e. The van der Waals surface area contributed by atoms with Crippen LogP contribution in [0.25, 0.3) is 0 Å². The van der Waals surface area contributed by atoms with E-state index in [1.54, 1.807) is 0 Å². The maximum absolute atomic E-state index is 10.9. The summed E-state index contributed by atoms with van der Waals surface area (Å²) in [5.74, 6) is 0.287. The smallest absolute Gasteiger partial charge is 0.147 e. The van der Waals surface area contributed by atoms with E-state index in [0.29, 0.717) is 0 Å². The van der Waals surface area contributed by atoms with Gasteiger partial charge in [0.1, 0.15) is 9.84 Å². The van der Waals surface area contributed by atoms with E-state index < -0.39 is 9.84 Å². The molecular weight excluding hydrogens is 198 g/mol. The van der Waals surface area contributed by atoms with E-state index in [0.717, 1.165) is 19.3 Å². The molecule has 0 amide bonds. The highest BCUT2D eigenvalue weighted by molar-refractivity contribution is 7.90. The fourth-order valence-electron chi connectivity index (χ4n) is 1.79. The molecule has 0 aliphatic heterocycles. The van der Waals surface area contributed by atoms with Gasteiger partial charge >= 0.3 is 0 Å². The molecule has 2 N–H and O–H groups in total. The van der Waals surface area contributed by atoms with Crippen LogP contribution in [-0.2, 0) is 9.84 Å². The van der Waals surface area contributed by atoms with Crippen LogP contribution in [-0.4, -0.2) is 26.5 Å². The largest absolute Gasteiger partial charge is 0.328 e. The lowest BCUT2D eigenvalue weighted by molar-refractivity contribution is 0.285. The van der Waals surface area contributed by atoms with Gasteiger partial charge < -0.3 is 5.73 Å². The molecule has 0 aromatic carbocycles. The Morgan fingerprint density at radius 2 is 1.86 bits per heavy atom. The van der Waals surface area contributed by atoms with Crippen molar-refractivity contribution in [3.63, 3.8) is 0 Å². The Bertz CT molecular complexity index is 255. The Labute approximate surface area is 88.0 Å². The summed E-state index contributed by atoms with van der Waals surface area (Å²) in [6.07, 6.45) is 3.88. The first-order chi connectivity index (χ1) is 6.12. The first-order valence-electron chi connectivity index (χ1n) is 5.06. The van der Waals surface area contributed by atoms with Crippen molar-refractivity contribution in [2.24, 2.45) is 11.1 Å². The minimum absolute atomic E-state index is 0.152. The zero-order valence-electron chi connectivity index (χ0n) is 9.71. The fraction of sp³-hybridized carbons (Fsp3) is 1.00. The summed E-state index contributed by atoms with van der Waals surface area (Å²) < 4.78 is 21.8. The third-order valence-electron chi connectivity index (χ3n) is 2.24. The molecule has 4 heteroatoms. The van der Waals surface area contributed by atoms with Crippen LogP contribution in [0, 0.1) is 5.41 Å². The average Bonchev–Trinajstić information content (AvgIpc) is 1.78. The first kappa shape index (κ1) is 13.9. The first-order valence-corrected chi connectivity index (χ1v) is 7.12. The zero-order chi connectivity index (χ0) is 11.4. The predicted molar refractivity (Wildman–Crippen MR) is 61.0 cm³/mol. The van der Waals surface area contributed by atoms with Crippen molar-refractivity contribution >= 4 is 9.84 Å². The number of hydrogen-bond donors (Lipinski definition) is 1. The third kappa shape index (κ3) is 8.51. The maximum Gasteiger partial charge on any atom is 0.147 e. The van der Waals surface area contributed by atoms with Crippen molar-refractivity contribution in [1.29, 1.82) is 0 Å². The number of nitrogens with two attached hydrogens (primary N) is 1. The molecule has 1 unspecified atom stereocenters. The van der Waals surface area contributed by atoms with Gasteiger partial charge in [-0.1, -0.05) is 13.8 Å². The lowest BCUT2D eigenvalue weighted by atomic mass is 9.82. The van der Waals surface area contributed by atoms with Gasteiger partial charge in [0.25, 0.3) is 0 Å². The molecule has 86 valence electrons. The van der Waals surface area contributed by atoms with Gasteiger partial charge in [0.05, 0.1) is 0 Å². The molecule has 0 bridgehead atoms. The summed E-state index contributed by atoms with van der Waals surface area (Å²) >= 11 is 0. The Kier molecular flexibility index (Phi) is 5.09. The van der Waals surface area contributed by atoms with E-state index in [4.69, 9.17) is 5.73 Å². The molecule has 0 radical (unpaired) electrons. The molecule has 0 saturated carbocycles. The molecule has 0 aliphatic carbocycles. The van der Waals surface area contributed by atoms with Gasteiger partial charge in [0.15, 0.2) is 0 Å². The van der Waals surface area contributed by atoms with E-state index in [1.165, 1.54) is 6.26 Å². The van der Waals surface area contributed by atoms with E-state index in [2.05, 4.69) is 13.8 Å². The molecule has 0 saturated heterocycles. The lowest BCUT2D eigenvalue weighted by Gasteiger charge is -2.26. The van der Waals surface area contributed by atoms with Gasteiger partial charge in [0, 0.05) is 18.1 Å². The molecule has 1 atom stereocenters. The summed E-state index contributed by atoms with van der Waals surface area (Å²) in [7, 11) is -2.81. The van der Waals surface area contributed by atoms with Gasteiger partial charge in [-0.15, -0.1) is 0 Å². The molecule has 0 fully saturated rings. The van der Waals surface area contributed by atoms with Crippen LogP contribution in [0.3, 0.4) is 0 Å². The molecule has 3 nitrogen and oxygen atoms in total. The minimum atomic E-state index is -2.81. The van der Waals surface area contributed by atoms with Crippen molar-refractivity contribution in [2.75, 3.05) is 12.0 Å². The average molecular weight is 221 g/mol.